The molecule has 0 aromatic heterocycles. The first kappa shape index (κ1) is 14.8. The van der Waals surface area contributed by atoms with Crippen LogP contribution >= 0.6 is 0 Å². The fourth-order valence-corrected chi connectivity index (χ4v) is 4.32. The lowest BCUT2D eigenvalue weighted by Crippen LogP contribution is -2.26. The lowest BCUT2D eigenvalue weighted by molar-refractivity contribution is 0.0993. The molecule has 1 aliphatic rings. The van der Waals surface area contributed by atoms with Crippen LogP contribution in [0.5, 0.6) is 0 Å². The Kier molecular flexibility index (Phi) is 3.74. The Bertz CT molecular complexity index is 813. The predicted octanol–water partition coefficient (Wildman–Crippen LogP) is 2.68. The van der Waals surface area contributed by atoms with Crippen LogP contribution in [0.25, 0.3) is 0 Å². The summed E-state index contributed by atoms with van der Waals surface area (Å²) in [6.45, 7) is 0. The number of carbonyl (C=O) groups excluding carboxylic acids is 1. The van der Waals surface area contributed by atoms with Gasteiger partial charge in [-0.05, 0) is 48.7 Å². The summed E-state index contributed by atoms with van der Waals surface area (Å²) in [5.41, 5.74) is 2.07. The second-order valence-electron chi connectivity index (χ2n) is 5.44. The molecule has 0 N–H and O–H groups in total. The topological polar surface area (TPSA) is 54.5 Å². The predicted molar refractivity (Wildman–Crippen MR) is 86.0 cm³/mol. The molecule has 0 fully saturated rings. The standard InChI is InChI=1S/C17H17NO3S/c1-18(15-7-3-2-4-8-15)17(19)14-9-10-16-13(12-14)6-5-11-22(16,20)21/h2-4,7-10,12H,5-6,11H2,1H3. The van der Waals surface area contributed by atoms with E-state index in [1.54, 1.807) is 30.1 Å². The molecule has 0 atom stereocenters. The summed E-state index contributed by atoms with van der Waals surface area (Å²) in [5, 5.41) is 0. The molecule has 0 spiro atoms. The summed E-state index contributed by atoms with van der Waals surface area (Å²) in [6, 6.07) is 14.2. The third-order valence-corrected chi connectivity index (χ3v) is 5.84. The normalized spacial score (nSPS) is 15.9. The van der Waals surface area contributed by atoms with Crippen molar-refractivity contribution in [2.24, 2.45) is 0 Å². The quantitative estimate of drug-likeness (QED) is 0.856. The van der Waals surface area contributed by atoms with Gasteiger partial charge in [0.2, 0.25) is 0 Å². The number of amides is 1. The number of carbonyl (C=O) groups is 1. The summed E-state index contributed by atoms with van der Waals surface area (Å²) in [7, 11) is -1.47. The van der Waals surface area contributed by atoms with Crippen LogP contribution in [0.15, 0.2) is 53.4 Å². The number of nitrogens with zero attached hydrogens (tertiary/aromatic N) is 1. The molecule has 2 aromatic carbocycles. The lowest BCUT2D eigenvalue weighted by Gasteiger charge is -2.20. The number of aryl methyl sites for hydroxylation is 1. The van der Waals surface area contributed by atoms with Gasteiger partial charge in [-0.2, -0.15) is 0 Å². The first-order valence-corrected chi connectivity index (χ1v) is 8.83. The molecule has 0 radical (unpaired) electrons. The van der Waals surface area contributed by atoms with Gasteiger partial charge < -0.3 is 4.90 Å². The highest BCUT2D eigenvalue weighted by molar-refractivity contribution is 7.91. The van der Waals surface area contributed by atoms with E-state index in [9.17, 15) is 13.2 Å². The van der Waals surface area contributed by atoms with Crippen LogP contribution in [0.3, 0.4) is 0 Å². The molecule has 1 aliphatic heterocycles. The van der Waals surface area contributed by atoms with Gasteiger partial charge in [0.25, 0.3) is 5.91 Å². The number of sulfone groups is 1. The molecule has 0 saturated heterocycles. The first-order valence-electron chi connectivity index (χ1n) is 7.18. The fraction of sp³-hybridized carbons (Fsp3) is 0.235. The summed E-state index contributed by atoms with van der Waals surface area (Å²) in [5.74, 6) is 0.0500. The fourth-order valence-electron chi connectivity index (χ4n) is 2.74. The summed E-state index contributed by atoms with van der Waals surface area (Å²) in [4.78, 5) is 14.5. The van der Waals surface area contributed by atoms with E-state index in [4.69, 9.17) is 0 Å². The summed E-state index contributed by atoms with van der Waals surface area (Å²) in [6.07, 6.45) is 1.31. The van der Waals surface area contributed by atoms with E-state index in [2.05, 4.69) is 0 Å². The third-order valence-electron chi connectivity index (χ3n) is 3.95. The second kappa shape index (κ2) is 5.57. The van der Waals surface area contributed by atoms with Crippen molar-refractivity contribution >= 4 is 21.4 Å². The van der Waals surface area contributed by atoms with Crippen molar-refractivity contribution in [3.63, 3.8) is 0 Å². The average Bonchev–Trinajstić information content (AvgIpc) is 2.53. The number of anilines is 1. The molecule has 114 valence electrons. The van der Waals surface area contributed by atoms with Gasteiger partial charge in [-0.15, -0.1) is 0 Å². The number of hydrogen-bond donors (Lipinski definition) is 0. The van der Waals surface area contributed by atoms with Crippen LogP contribution in [0.4, 0.5) is 5.69 Å². The highest BCUT2D eigenvalue weighted by Gasteiger charge is 2.25. The monoisotopic (exact) mass is 315 g/mol. The Morgan fingerprint density at radius 1 is 1.09 bits per heavy atom. The number of hydrogen-bond acceptors (Lipinski definition) is 3. The highest BCUT2D eigenvalue weighted by atomic mass is 32.2. The second-order valence-corrected chi connectivity index (χ2v) is 7.52. The molecule has 0 bridgehead atoms. The molecule has 0 unspecified atom stereocenters. The maximum Gasteiger partial charge on any atom is 0.258 e. The number of fused-ring (bicyclic) bond motifs is 1. The van der Waals surface area contributed by atoms with Crippen molar-refractivity contribution < 1.29 is 13.2 Å². The minimum absolute atomic E-state index is 0.142. The number of para-hydroxylation sites is 1. The third kappa shape index (κ3) is 2.64. The molecule has 0 aliphatic carbocycles. The molecular formula is C17H17NO3S. The van der Waals surface area contributed by atoms with Gasteiger partial charge in [0.05, 0.1) is 10.6 Å². The van der Waals surface area contributed by atoms with Crippen molar-refractivity contribution in [3.05, 3.63) is 59.7 Å². The zero-order valence-electron chi connectivity index (χ0n) is 12.3. The van der Waals surface area contributed by atoms with E-state index < -0.39 is 9.84 Å². The van der Waals surface area contributed by atoms with E-state index in [1.807, 2.05) is 30.3 Å². The van der Waals surface area contributed by atoms with Gasteiger partial charge >= 0.3 is 0 Å². The van der Waals surface area contributed by atoms with Crippen LogP contribution < -0.4 is 4.90 Å². The summed E-state index contributed by atoms with van der Waals surface area (Å²) >= 11 is 0. The SMILES string of the molecule is CN(C(=O)c1ccc2c(c1)CCCS2(=O)=O)c1ccccc1. The van der Waals surface area contributed by atoms with Gasteiger partial charge in [0, 0.05) is 18.3 Å². The van der Waals surface area contributed by atoms with E-state index in [0.717, 1.165) is 11.3 Å². The van der Waals surface area contributed by atoms with Crippen LogP contribution in [-0.4, -0.2) is 27.1 Å². The minimum Gasteiger partial charge on any atom is -0.311 e. The van der Waals surface area contributed by atoms with Gasteiger partial charge in [0.1, 0.15) is 0 Å². The molecule has 5 heteroatoms. The maximum atomic E-state index is 12.6. The minimum atomic E-state index is -3.18. The smallest absolute Gasteiger partial charge is 0.258 e. The molecule has 4 nitrogen and oxygen atoms in total. The van der Waals surface area contributed by atoms with Crippen LogP contribution in [0.1, 0.15) is 22.3 Å². The Balaban J connectivity index is 1.95. The molecule has 2 aromatic rings. The Morgan fingerprint density at radius 3 is 2.55 bits per heavy atom. The van der Waals surface area contributed by atoms with Crippen LogP contribution in [0.2, 0.25) is 0 Å². The van der Waals surface area contributed by atoms with Crippen LogP contribution in [-0.2, 0) is 16.3 Å². The first-order chi connectivity index (χ1) is 10.5. The van der Waals surface area contributed by atoms with Crippen LogP contribution in [0, 0.1) is 0 Å². The van der Waals surface area contributed by atoms with Crippen molar-refractivity contribution in [3.8, 4) is 0 Å². The van der Waals surface area contributed by atoms with Crippen molar-refractivity contribution in [1.29, 1.82) is 0 Å². The number of rotatable bonds is 2. The Labute approximate surface area is 130 Å². The van der Waals surface area contributed by atoms with Crippen molar-refractivity contribution in [2.45, 2.75) is 17.7 Å². The zero-order valence-corrected chi connectivity index (χ0v) is 13.1. The van der Waals surface area contributed by atoms with Crippen molar-refractivity contribution in [2.75, 3.05) is 17.7 Å². The molecular weight excluding hydrogens is 298 g/mol. The van der Waals surface area contributed by atoms with E-state index >= 15 is 0 Å². The Hall–Kier alpha value is -2.14. The van der Waals surface area contributed by atoms with E-state index in [-0.39, 0.29) is 11.7 Å². The maximum absolute atomic E-state index is 12.6. The van der Waals surface area contributed by atoms with Gasteiger partial charge in [0.15, 0.2) is 9.84 Å². The molecule has 22 heavy (non-hydrogen) atoms. The van der Waals surface area contributed by atoms with Gasteiger partial charge in [-0.25, -0.2) is 8.42 Å². The average molecular weight is 315 g/mol. The summed E-state index contributed by atoms with van der Waals surface area (Å²) < 4.78 is 24.0. The molecule has 1 heterocycles. The molecule has 1 amide bonds. The Morgan fingerprint density at radius 2 is 1.82 bits per heavy atom. The number of benzene rings is 2. The molecule has 0 saturated carbocycles. The van der Waals surface area contributed by atoms with Gasteiger partial charge in [-0.1, -0.05) is 18.2 Å². The largest absolute Gasteiger partial charge is 0.311 e. The highest BCUT2D eigenvalue weighted by Crippen LogP contribution is 2.26. The van der Waals surface area contributed by atoms with Gasteiger partial charge in [-0.3, -0.25) is 4.79 Å². The lowest BCUT2D eigenvalue weighted by atomic mass is 10.1. The zero-order chi connectivity index (χ0) is 15.7. The molecule has 3 rings (SSSR count). The van der Waals surface area contributed by atoms with E-state index in [0.29, 0.717) is 23.3 Å². The van der Waals surface area contributed by atoms with E-state index in [1.165, 1.54) is 0 Å². The van der Waals surface area contributed by atoms with Crippen molar-refractivity contribution in [1.82, 2.24) is 0 Å².